The number of aliphatic carboxylic acids is 1. The normalized spacial score (nSPS) is 17.0. The Bertz CT molecular complexity index is 1090. The van der Waals surface area contributed by atoms with Gasteiger partial charge in [-0.2, -0.15) is 0 Å². The maximum atomic E-state index is 15.0. The number of aromatic nitrogens is 1. The molecule has 11 heteroatoms. The van der Waals surface area contributed by atoms with Gasteiger partial charge in [-0.05, 0) is 30.0 Å². The number of likely N-dealkylation sites (tertiary alicyclic amines) is 1. The highest BCUT2D eigenvalue weighted by atomic mass is 19.1. The fraction of sp³-hybridized carbons (Fsp3) is 0.440. The molecule has 2 aliphatic heterocycles. The molecule has 0 bridgehead atoms. The van der Waals surface area contributed by atoms with Crippen molar-refractivity contribution in [2.75, 3.05) is 38.0 Å². The van der Waals surface area contributed by atoms with Crippen LogP contribution in [0.25, 0.3) is 0 Å². The van der Waals surface area contributed by atoms with Crippen LogP contribution in [-0.2, 0) is 33.8 Å². The molecule has 0 radical (unpaired) electrons. The van der Waals surface area contributed by atoms with E-state index in [0.717, 1.165) is 36.5 Å². The number of benzene rings is 1. The molecule has 2 aromatic rings. The number of fused-ring (bicyclic) bond motifs is 1. The molecule has 4 rings (SSSR count). The average Bonchev–Trinajstić information content (AvgIpc) is 2.87. The van der Waals surface area contributed by atoms with E-state index in [4.69, 9.17) is 4.74 Å². The molecule has 1 fully saturated rings. The van der Waals surface area contributed by atoms with Crippen molar-refractivity contribution in [1.29, 1.82) is 0 Å². The highest BCUT2D eigenvalue weighted by Crippen LogP contribution is 2.26. The molecule has 1 atom stereocenters. The molecule has 192 valence electrons. The van der Waals surface area contributed by atoms with Crippen LogP contribution in [0.1, 0.15) is 23.2 Å². The van der Waals surface area contributed by atoms with Crippen molar-refractivity contribution < 1.29 is 28.6 Å². The van der Waals surface area contributed by atoms with E-state index in [-0.39, 0.29) is 19.7 Å². The number of alkyl carbamates (subject to hydrolysis) is 1. The lowest BCUT2D eigenvalue weighted by molar-refractivity contribution is -0.145. The Kier molecular flexibility index (Phi) is 7.99. The van der Waals surface area contributed by atoms with Crippen molar-refractivity contribution in [3.05, 3.63) is 59.3 Å². The predicted octanol–water partition coefficient (Wildman–Crippen LogP) is 1.50. The Morgan fingerprint density at radius 1 is 1.19 bits per heavy atom. The molecule has 1 aromatic heterocycles. The minimum Gasteiger partial charge on any atom is -0.480 e. The van der Waals surface area contributed by atoms with E-state index in [1.54, 1.807) is 24.3 Å². The Morgan fingerprint density at radius 2 is 1.97 bits per heavy atom. The lowest BCUT2D eigenvalue weighted by Gasteiger charge is -2.43. The largest absolute Gasteiger partial charge is 0.480 e. The second-order valence-corrected chi connectivity index (χ2v) is 9.07. The first-order valence-electron chi connectivity index (χ1n) is 11.9. The smallest absolute Gasteiger partial charge is 0.408 e. The highest BCUT2D eigenvalue weighted by Gasteiger charge is 2.49. The number of carboxylic acids is 1. The number of carboxylic acid groups (broad SMARTS) is 1. The van der Waals surface area contributed by atoms with E-state index < -0.39 is 36.2 Å². The zero-order valence-corrected chi connectivity index (χ0v) is 19.8. The van der Waals surface area contributed by atoms with Gasteiger partial charge in [0.05, 0.1) is 0 Å². The van der Waals surface area contributed by atoms with Gasteiger partial charge in [0.2, 0.25) is 5.67 Å². The van der Waals surface area contributed by atoms with Gasteiger partial charge in [-0.3, -0.25) is 9.69 Å². The number of halogens is 1. The van der Waals surface area contributed by atoms with Crippen molar-refractivity contribution in [3.8, 4) is 0 Å². The van der Waals surface area contributed by atoms with Crippen LogP contribution in [0.15, 0.2) is 42.5 Å². The fourth-order valence-corrected chi connectivity index (χ4v) is 4.21. The topological polar surface area (TPSA) is 133 Å². The minimum atomic E-state index is -2.11. The predicted molar refractivity (Wildman–Crippen MR) is 129 cm³/mol. The van der Waals surface area contributed by atoms with E-state index in [2.05, 4.69) is 27.0 Å². The van der Waals surface area contributed by atoms with Gasteiger partial charge in [-0.25, -0.2) is 19.0 Å². The van der Waals surface area contributed by atoms with E-state index in [1.807, 2.05) is 17.0 Å². The highest BCUT2D eigenvalue weighted by molar-refractivity contribution is 5.88. The molecule has 3 heterocycles. The molecular weight excluding hydrogens is 469 g/mol. The molecule has 0 aliphatic carbocycles. The summed E-state index contributed by atoms with van der Waals surface area (Å²) in [4.78, 5) is 42.2. The molecule has 36 heavy (non-hydrogen) atoms. The van der Waals surface area contributed by atoms with Gasteiger partial charge in [0.1, 0.15) is 18.5 Å². The first-order valence-corrected chi connectivity index (χ1v) is 11.9. The maximum Gasteiger partial charge on any atom is 0.408 e. The third-order valence-corrected chi connectivity index (χ3v) is 6.26. The molecule has 1 aromatic carbocycles. The number of anilines is 1. The average molecular weight is 500 g/mol. The summed E-state index contributed by atoms with van der Waals surface area (Å²) in [6.07, 6.45) is 1.78. The molecule has 0 spiro atoms. The SMILES string of the molecule is O=C(N[C@@H](CNC(=O)C1(F)CN(CCc2ccc3c(n2)NCCC3)C1)C(=O)O)OCc1ccccc1. The van der Waals surface area contributed by atoms with Gasteiger partial charge in [-0.1, -0.05) is 36.4 Å². The van der Waals surface area contributed by atoms with Gasteiger partial charge < -0.3 is 25.8 Å². The molecular formula is C25H30FN5O5. The number of pyridine rings is 1. The Balaban J connectivity index is 1.18. The van der Waals surface area contributed by atoms with Crippen LogP contribution in [0.4, 0.5) is 15.0 Å². The second-order valence-electron chi connectivity index (χ2n) is 9.07. The lowest BCUT2D eigenvalue weighted by Crippen LogP contribution is -2.67. The Morgan fingerprint density at radius 3 is 2.72 bits per heavy atom. The molecule has 4 N–H and O–H groups in total. The second kappa shape index (κ2) is 11.3. The molecule has 2 amide bonds. The summed E-state index contributed by atoms with van der Waals surface area (Å²) < 4.78 is 20.0. The third kappa shape index (κ3) is 6.48. The summed E-state index contributed by atoms with van der Waals surface area (Å²) in [5.41, 5.74) is 0.730. The minimum absolute atomic E-state index is 0.0354. The van der Waals surface area contributed by atoms with Gasteiger partial charge >= 0.3 is 12.1 Å². The number of aryl methyl sites for hydroxylation is 1. The van der Waals surface area contributed by atoms with Crippen molar-refractivity contribution in [2.45, 2.75) is 37.6 Å². The zero-order valence-electron chi connectivity index (χ0n) is 19.8. The van der Waals surface area contributed by atoms with Gasteiger partial charge in [-0.15, -0.1) is 0 Å². The quantitative estimate of drug-likeness (QED) is 0.387. The van der Waals surface area contributed by atoms with Gasteiger partial charge in [0.25, 0.3) is 5.91 Å². The summed E-state index contributed by atoms with van der Waals surface area (Å²) in [7, 11) is 0. The van der Waals surface area contributed by atoms with Crippen LogP contribution in [0, 0.1) is 0 Å². The first kappa shape index (κ1) is 25.4. The zero-order chi connectivity index (χ0) is 25.5. The Labute approximate surface area is 208 Å². The number of hydrogen-bond acceptors (Lipinski definition) is 7. The van der Waals surface area contributed by atoms with Crippen LogP contribution in [0.2, 0.25) is 0 Å². The van der Waals surface area contributed by atoms with Crippen LogP contribution in [-0.4, -0.2) is 77.4 Å². The summed E-state index contributed by atoms with van der Waals surface area (Å²) in [5.74, 6) is -1.37. The number of carbonyl (C=O) groups excluding carboxylic acids is 2. The number of nitrogens with one attached hydrogen (secondary N) is 3. The van der Waals surface area contributed by atoms with Crippen molar-refractivity contribution >= 4 is 23.8 Å². The first-order chi connectivity index (χ1) is 17.3. The van der Waals surface area contributed by atoms with Crippen LogP contribution < -0.4 is 16.0 Å². The lowest BCUT2D eigenvalue weighted by atomic mass is 9.94. The van der Waals surface area contributed by atoms with Gasteiger partial charge in [0, 0.05) is 44.8 Å². The van der Waals surface area contributed by atoms with E-state index >= 15 is 0 Å². The van der Waals surface area contributed by atoms with Crippen molar-refractivity contribution in [3.63, 3.8) is 0 Å². The van der Waals surface area contributed by atoms with Crippen LogP contribution >= 0.6 is 0 Å². The summed E-state index contributed by atoms with van der Waals surface area (Å²) in [6, 6.07) is 11.5. The molecule has 2 aliphatic rings. The molecule has 0 unspecified atom stereocenters. The van der Waals surface area contributed by atoms with E-state index in [9.17, 15) is 23.9 Å². The number of alkyl halides is 1. The van der Waals surface area contributed by atoms with Gasteiger partial charge in [0.15, 0.2) is 0 Å². The van der Waals surface area contributed by atoms with Crippen LogP contribution in [0.3, 0.4) is 0 Å². The standard InChI is InChI=1S/C25H30FN5O5/c26-25(15-31(16-25)12-10-19-9-8-18-7-4-11-27-21(18)29-19)23(34)28-13-20(22(32)33)30-24(35)36-14-17-5-2-1-3-6-17/h1-3,5-6,8-9,20H,4,7,10-16H2,(H,27,29)(H,28,34)(H,30,35)(H,32,33)/t20-/m0/s1. The van der Waals surface area contributed by atoms with Crippen molar-refractivity contribution in [1.82, 2.24) is 20.5 Å². The number of amides is 2. The van der Waals surface area contributed by atoms with E-state index in [0.29, 0.717) is 13.0 Å². The summed E-state index contributed by atoms with van der Waals surface area (Å²) in [6.45, 7) is 0.775. The Hall–Kier alpha value is -3.73. The molecule has 1 saturated heterocycles. The summed E-state index contributed by atoms with van der Waals surface area (Å²) >= 11 is 0. The maximum absolute atomic E-state index is 15.0. The number of nitrogens with zero attached hydrogens (tertiary/aromatic N) is 2. The number of hydrogen-bond donors (Lipinski definition) is 4. The van der Waals surface area contributed by atoms with Crippen LogP contribution in [0.5, 0.6) is 0 Å². The van der Waals surface area contributed by atoms with Crippen molar-refractivity contribution in [2.24, 2.45) is 0 Å². The molecule has 0 saturated carbocycles. The van der Waals surface area contributed by atoms with E-state index in [1.165, 1.54) is 5.56 Å². The fourth-order valence-electron chi connectivity index (χ4n) is 4.21. The number of ether oxygens (including phenoxy) is 1. The number of carbonyl (C=O) groups is 3. The number of rotatable bonds is 10. The monoisotopic (exact) mass is 499 g/mol. The summed E-state index contributed by atoms with van der Waals surface area (Å²) in [5, 5.41) is 17.1. The molecule has 10 nitrogen and oxygen atoms in total. The third-order valence-electron chi connectivity index (χ3n) is 6.26.